The third-order valence-electron chi connectivity index (χ3n) is 3.00. The summed E-state index contributed by atoms with van der Waals surface area (Å²) in [6.07, 6.45) is 1.62. The number of carbonyl (C=O) groups is 1. The van der Waals surface area contributed by atoms with Crippen LogP contribution in [0.15, 0.2) is 47.1 Å². The Hall–Kier alpha value is -2.27. The van der Waals surface area contributed by atoms with Crippen molar-refractivity contribution in [2.24, 2.45) is 0 Å². The highest BCUT2D eigenvalue weighted by Crippen LogP contribution is 2.23. The van der Waals surface area contributed by atoms with E-state index in [0.29, 0.717) is 18.0 Å². The number of rotatable bonds is 7. The lowest BCUT2D eigenvalue weighted by atomic mass is 10.2. The predicted octanol–water partition coefficient (Wildman–Crippen LogP) is 2.97. The summed E-state index contributed by atoms with van der Waals surface area (Å²) >= 11 is 0. The minimum absolute atomic E-state index is 0.0205. The molecular weight excluding hydrogens is 268 g/mol. The van der Waals surface area contributed by atoms with E-state index in [2.05, 4.69) is 10.6 Å². The molecule has 2 rings (SSSR count). The standard InChI is InChI=1S/C16H20N2O3/c1-3-20-15-8-5-4-7-13(15)18-16(19)11-17-12(2)14-9-6-10-21-14/h4-10,12,17H,3,11H2,1-2H3,(H,18,19)/t12-/m1/s1. The molecule has 1 amide bonds. The SMILES string of the molecule is CCOc1ccccc1NC(=O)CN[C@H](C)c1ccco1. The van der Waals surface area contributed by atoms with E-state index in [9.17, 15) is 4.79 Å². The van der Waals surface area contributed by atoms with E-state index in [-0.39, 0.29) is 18.5 Å². The monoisotopic (exact) mass is 288 g/mol. The van der Waals surface area contributed by atoms with Crippen LogP contribution in [0.4, 0.5) is 5.69 Å². The van der Waals surface area contributed by atoms with Crippen molar-refractivity contribution in [1.82, 2.24) is 5.32 Å². The highest BCUT2D eigenvalue weighted by molar-refractivity contribution is 5.93. The Bertz CT molecular complexity index is 567. The number of hydrogen-bond acceptors (Lipinski definition) is 4. The second-order valence-corrected chi connectivity index (χ2v) is 4.60. The zero-order valence-electron chi connectivity index (χ0n) is 12.3. The molecule has 0 saturated carbocycles. The topological polar surface area (TPSA) is 63.5 Å². The molecule has 1 aromatic heterocycles. The molecule has 21 heavy (non-hydrogen) atoms. The van der Waals surface area contributed by atoms with Gasteiger partial charge in [-0.1, -0.05) is 12.1 Å². The quantitative estimate of drug-likeness (QED) is 0.822. The normalized spacial score (nSPS) is 11.9. The predicted molar refractivity (Wildman–Crippen MR) is 81.4 cm³/mol. The average molecular weight is 288 g/mol. The fourth-order valence-corrected chi connectivity index (χ4v) is 1.93. The van der Waals surface area contributed by atoms with E-state index in [1.807, 2.05) is 50.2 Å². The number of para-hydroxylation sites is 2. The Morgan fingerprint density at radius 3 is 2.81 bits per heavy atom. The van der Waals surface area contributed by atoms with Crippen molar-refractivity contribution in [1.29, 1.82) is 0 Å². The molecule has 0 aliphatic heterocycles. The first kappa shape index (κ1) is 15.1. The number of hydrogen-bond donors (Lipinski definition) is 2. The lowest BCUT2D eigenvalue weighted by Gasteiger charge is -2.13. The average Bonchev–Trinajstić information content (AvgIpc) is 3.01. The summed E-state index contributed by atoms with van der Waals surface area (Å²) in [7, 11) is 0. The third-order valence-corrected chi connectivity index (χ3v) is 3.00. The number of nitrogens with one attached hydrogen (secondary N) is 2. The molecule has 112 valence electrons. The summed E-state index contributed by atoms with van der Waals surface area (Å²) in [6, 6.07) is 11.1. The Balaban J connectivity index is 1.87. The van der Waals surface area contributed by atoms with Gasteiger partial charge in [0.1, 0.15) is 11.5 Å². The molecule has 2 N–H and O–H groups in total. The van der Waals surface area contributed by atoms with Gasteiger partial charge in [-0.25, -0.2) is 0 Å². The van der Waals surface area contributed by atoms with Gasteiger partial charge in [0.05, 0.1) is 31.1 Å². The van der Waals surface area contributed by atoms with Gasteiger partial charge in [-0.05, 0) is 38.1 Å². The molecule has 0 radical (unpaired) electrons. The van der Waals surface area contributed by atoms with Crippen LogP contribution in [-0.2, 0) is 4.79 Å². The highest BCUT2D eigenvalue weighted by atomic mass is 16.5. The van der Waals surface area contributed by atoms with Gasteiger partial charge in [0, 0.05) is 0 Å². The maximum absolute atomic E-state index is 12.0. The van der Waals surface area contributed by atoms with Crippen molar-refractivity contribution >= 4 is 11.6 Å². The van der Waals surface area contributed by atoms with E-state index in [0.717, 1.165) is 5.76 Å². The van der Waals surface area contributed by atoms with Crippen molar-refractivity contribution < 1.29 is 13.9 Å². The van der Waals surface area contributed by atoms with Crippen molar-refractivity contribution in [2.45, 2.75) is 19.9 Å². The van der Waals surface area contributed by atoms with Crippen LogP contribution in [0.25, 0.3) is 0 Å². The molecule has 0 bridgehead atoms. The minimum Gasteiger partial charge on any atom is -0.492 e. The maximum Gasteiger partial charge on any atom is 0.238 e. The fourth-order valence-electron chi connectivity index (χ4n) is 1.93. The lowest BCUT2D eigenvalue weighted by molar-refractivity contribution is -0.115. The van der Waals surface area contributed by atoms with Gasteiger partial charge in [-0.15, -0.1) is 0 Å². The molecule has 0 saturated heterocycles. The van der Waals surface area contributed by atoms with Gasteiger partial charge in [0.25, 0.3) is 0 Å². The zero-order valence-corrected chi connectivity index (χ0v) is 12.3. The molecule has 1 heterocycles. The van der Waals surface area contributed by atoms with Gasteiger partial charge in [-0.2, -0.15) is 0 Å². The molecule has 5 nitrogen and oxygen atoms in total. The van der Waals surface area contributed by atoms with Crippen LogP contribution in [-0.4, -0.2) is 19.1 Å². The molecule has 0 aliphatic carbocycles. The minimum atomic E-state index is -0.124. The van der Waals surface area contributed by atoms with E-state index in [1.54, 1.807) is 6.26 Å². The Morgan fingerprint density at radius 1 is 1.29 bits per heavy atom. The summed E-state index contributed by atoms with van der Waals surface area (Å²) in [5.41, 5.74) is 0.678. The number of amides is 1. The van der Waals surface area contributed by atoms with Gasteiger partial charge in [0.2, 0.25) is 5.91 Å². The van der Waals surface area contributed by atoms with Crippen LogP contribution >= 0.6 is 0 Å². The molecule has 2 aromatic rings. The fraction of sp³-hybridized carbons (Fsp3) is 0.312. The van der Waals surface area contributed by atoms with Gasteiger partial charge in [-0.3, -0.25) is 10.1 Å². The number of carbonyl (C=O) groups excluding carboxylic acids is 1. The van der Waals surface area contributed by atoms with Gasteiger partial charge >= 0.3 is 0 Å². The number of benzene rings is 1. The van der Waals surface area contributed by atoms with Crippen molar-refractivity contribution in [3.05, 3.63) is 48.4 Å². The molecule has 0 fully saturated rings. The van der Waals surface area contributed by atoms with Crippen molar-refractivity contribution in [3.63, 3.8) is 0 Å². The van der Waals surface area contributed by atoms with Gasteiger partial charge in [0.15, 0.2) is 0 Å². The first-order chi connectivity index (χ1) is 10.2. The summed E-state index contributed by atoms with van der Waals surface area (Å²) in [6.45, 7) is 4.61. The Labute approximate surface area is 124 Å². The molecule has 1 atom stereocenters. The van der Waals surface area contributed by atoms with Crippen LogP contribution < -0.4 is 15.4 Å². The number of anilines is 1. The lowest BCUT2D eigenvalue weighted by Crippen LogP contribution is -2.30. The van der Waals surface area contributed by atoms with Crippen LogP contribution in [0, 0.1) is 0 Å². The molecule has 0 unspecified atom stereocenters. The second kappa shape index (κ2) is 7.50. The smallest absolute Gasteiger partial charge is 0.238 e. The van der Waals surface area contributed by atoms with Crippen molar-refractivity contribution in [3.8, 4) is 5.75 Å². The molecule has 1 aromatic carbocycles. The highest BCUT2D eigenvalue weighted by Gasteiger charge is 2.11. The maximum atomic E-state index is 12.0. The first-order valence-electron chi connectivity index (χ1n) is 6.99. The van der Waals surface area contributed by atoms with Crippen molar-refractivity contribution in [2.75, 3.05) is 18.5 Å². The second-order valence-electron chi connectivity index (χ2n) is 4.60. The first-order valence-corrected chi connectivity index (χ1v) is 6.99. The van der Waals surface area contributed by atoms with E-state index in [1.165, 1.54) is 0 Å². The number of ether oxygens (including phenoxy) is 1. The molecule has 0 spiro atoms. The summed E-state index contributed by atoms with van der Waals surface area (Å²) in [5, 5.41) is 5.95. The van der Waals surface area contributed by atoms with E-state index in [4.69, 9.17) is 9.15 Å². The van der Waals surface area contributed by atoms with Gasteiger partial charge < -0.3 is 14.5 Å². The van der Waals surface area contributed by atoms with Crippen LogP contribution in [0.3, 0.4) is 0 Å². The molecule has 0 aliphatic rings. The third kappa shape index (κ3) is 4.36. The zero-order chi connectivity index (χ0) is 15.1. The number of furan rings is 1. The van der Waals surface area contributed by atoms with E-state index < -0.39 is 0 Å². The Kier molecular flexibility index (Phi) is 5.40. The largest absolute Gasteiger partial charge is 0.492 e. The van der Waals surface area contributed by atoms with E-state index >= 15 is 0 Å². The Morgan fingerprint density at radius 2 is 2.10 bits per heavy atom. The molecule has 5 heteroatoms. The van der Waals surface area contributed by atoms with Crippen LogP contribution in [0.2, 0.25) is 0 Å². The summed E-state index contributed by atoms with van der Waals surface area (Å²) in [4.78, 5) is 12.0. The van der Waals surface area contributed by atoms with Crippen LogP contribution in [0.5, 0.6) is 5.75 Å². The summed E-state index contributed by atoms with van der Waals surface area (Å²) in [5.74, 6) is 1.35. The summed E-state index contributed by atoms with van der Waals surface area (Å²) < 4.78 is 10.8. The molecular formula is C16H20N2O3. The van der Waals surface area contributed by atoms with Crippen LogP contribution in [0.1, 0.15) is 25.6 Å².